The standard InChI is InChI=1S/C30H50O4/c1-3-5-7-9-11-13-15-17-19-21-25-23-24-27(29(31)32)28(30(33)34)26(25)22-20-18-16-14-12-10-8-6-4-2/h23-24H,3-22H2,1-2H3,(H,31,32)(H,33,34). The molecule has 0 heterocycles. The lowest BCUT2D eigenvalue weighted by atomic mass is 9.89. The molecule has 0 amide bonds. The molecule has 4 heteroatoms. The highest BCUT2D eigenvalue weighted by Gasteiger charge is 2.22. The van der Waals surface area contributed by atoms with Gasteiger partial charge in [-0.05, 0) is 42.9 Å². The van der Waals surface area contributed by atoms with Crippen molar-refractivity contribution in [3.8, 4) is 0 Å². The molecule has 0 aliphatic heterocycles. The van der Waals surface area contributed by atoms with Crippen molar-refractivity contribution in [2.75, 3.05) is 0 Å². The second-order valence-corrected chi connectivity index (χ2v) is 9.89. The zero-order valence-electron chi connectivity index (χ0n) is 22.0. The molecule has 1 rings (SSSR count). The molecule has 0 aromatic heterocycles. The third kappa shape index (κ3) is 12.6. The summed E-state index contributed by atoms with van der Waals surface area (Å²) < 4.78 is 0. The first-order valence-corrected chi connectivity index (χ1v) is 14.1. The van der Waals surface area contributed by atoms with Crippen LogP contribution in [0.15, 0.2) is 12.1 Å². The van der Waals surface area contributed by atoms with Gasteiger partial charge in [-0.25, -0.2) is 9.59 Å². The molecule has 34 heavy (non-hydrogen) atoms. The van der Waals surface area contributed by atoms with Gasteiger partial charge in [0.2, 0.25) is 0 Å². The molecule has 1 aromatic rings. The molecule has 0 aliphatic carbocycles. The van der Waals surface area contributed by atoms with Crippen LogP contribution in [0.25, 0.3) is 0 Å². The number of aryl methyl sites for hydroxylation is 1. The second kappa shape index (κ2) is 19.5. The minimum Gasteiger partial charge on any atom is -0.478 e. The van der Waals surface area contributed by atoms with Crippen LogP contribution in [-0.2, 0) is 12.8 Å². The average molecular weight is 475 g/mol. The third-order valence-electron chi connectivity index (χ3n) is 6.93. The maximum Gasteiger partial charge on any atom is 0.336 e. The monoisotopic (exact) mass is 474 g/mol. The number of carboxylic acids is 2. The number of carbonyl (C=O) groups is 2. The predicted octanol–water partition coefficient (Wildman–Crippen LogP) is 9.23. The quantitative estimate of drug-likeness (QED) is 0.164. The smallest absolute Gasteiger partial charge is 0.336 e. The van der Waals surface area contributed by atoms with E-state index >= 15 is 0 Å². The fourth-order valence-electron chi connectivity index (χ4n) is 4.87. The van der Waals surface area contributed by atoms with E-state index < -0.39 is 11.9 Å². The Balaban J connectivity index is 2.60. The maximum absolute atomic E-state index is 12.0. The fraction of sp³-hybridized carbons (Fsp3) is 0.733. The summed E-state index contributed by atoms with van der Waals surface area (Å²) in [5.74, 6) is -2.27. The van der Waals surface area contributed by atoms with E-state index in [1.54, 1.807) is 0 Å². The van der Waals surface area contributed by atoms with Crippen molar-refractivity contribution in [3.05, 3.63) is 34.4 Å². The van der Waals surface area contributed by atoms with E-state index in [-0.39, 0.29) is 11.1 Å². The van der Waals surface area contributed by atoms with Crippen molar-refractivity contribution in [1.82, 2.24) is 0 Å². The van der Waals surface area contributed by atoms with E-state index in [0.29, 0.717) is 6.42 Å². The number of hydrogen-bond acceptors (Lipinski definition) is 2. The van der Waals surface area contributed by atoms with Crippen LogP contribution >= 0.6 is 0 Å². The van der Waals surface area contributed by atoms with Gasteiger partial charge in [-0.1, -0.05) is 123 Å². The lowest BCUT2D eigenvalue weighted by molar-refractivity contribution is 0.0650. The molecular formula is C30H50O4. The Morgan fingerprint density at radius 2 is 0.971 bits per heavy atom. The number of rotatable bonds is 22. The summed E-state index contributed by atoms with van der Waals surface area (Å²) in [4.78, 5) is 23.7. The van der Waals surface area contributed by atoms with Gasteiger partial charge in [-0.3, -0.25) is 0 Å². The van der Waals surface area contributed by atoms with Crippen molar-refractivity contribution in [2.24, 2.45) is 0 Å². The molecule has 0 atom stereocenters. The summed E-state index contributed by atoms with van der Waals surface area (Å²) in [5, 5.41) is 19.4. The molecule has 0 saturated carbocycles. The largest absolute Gasteiger partial charge is 0.478 e. The average Bonchev–Trinajstić information content (AvgIpc) is 2.81. The van der Waals surface area contributed by atoms with Crippen LogP contribution < -0.4 is 0 Å². The van der Waals surface area contributed by atoms with Crippen LogP contribution in [0, 0.1) is 0 Å². The molecule has 2 N–H and O–H groups in total. The molecule has 1 aromatic carbocycles. The number of unbranched alkanes of at least 4 members (excludes halogenated alkanes) is 16. The molecule has 0 saturated heterocycles. The van der Waals surface area contributed by atoms with Crippen LogP contribution in [0.2, 0.25) is 0 Å². The van der Waals surface area contributed by atoms with Gasteiger partial charge in [0.1, 0.15) is 0 Å². The Hall–Kier alpha value is -1.84. The van der Waals surface area contributed by atoms with Gasteiger partial charge in [0.25, 0.3) is 0 Å². The Bertz CT molecular complexity index is 695. The minimum atomic E-state index is -1.15. The Morgan fingerprint density at radius 3 is 1.38 bits per heavy atom. The SMILES string of the molecule is CCCCCCCCCCCc1ccc(C(=O)O)c(C(=O)O)c1CCCCCCCCCCC. The van der Waals surface area contributed by atoms with Gasteiger partial charge >= 0.3 is 11.9 Å². The third-order valence-corrected chi connectivity index (χ3v) is 6.93. The number of benzene rings is 1. The first-order valence-electron chi connectivity index (χ1n) is 14.1. The van der Waals surface area contributed by atoms with Crippen LogP contribution in [-0.4, -0.2) is 22.2 Å². The fourth-order valence-corrected chi connectivity index (χ4v) is 4.87. The molecule has 194 valence electrons. The van der Waals surface area contributed by atoms with Gasteiger partial charge in [0, 0.05) is 0 Å². The predicted molar refractivity (Wildman–Crippen MR) is 142 cm³/mol. The Labute approximate surface area is 208 Å². The molecule has 0 bridgehead atoms. The lowest BCUT2D eigenvalue weighted by Gasteiger charge is -2.15. The zero-order chi connectivity index (χ0) is 25.0. The summed E-state index contributed by atoms with van der Waals surface area (Å²) in [5.41, 5.74) is 1.73. The van der Waals surface area contributed by atoms with Gasteiger partial charge < -0.3 is 10.2 Å². The molecule has 4 nitrogen and oxygen atoms in total. The van der Waals surface area contributed by atoms with E-state index in [1.807, 2.05) is 6.07 Å². The van der Waals surface area contributed by atoms with Crippen LogP contribution in [0.4, 0.5) is 0 Å². The van der Waals surface area contributed by atoms with Gasteiger partial charge in [-0.15, -0.1) is 0 Å². The van der Waals surface area contributed by atoms with E-state index in [9.17, 15) is 19.8 Å². The zero-order valence-corrected chi connectivity index (χ0v) is 22.0. The summed E-state index contributed by atoms with van der Waals surface area (Å²) in [6.45, 7) is 4.47. The molecular weight excluding hydrogens is 424 g/mol. The molecule has 0 aliphatic rings. The van der Waals surface area contributed by atoms with Crippen molar-refractivity contribution >= 4 is 11.9 Å². The molecule has 0 unspecified atom stereocenters. The van der Waals surface area contributed by atoms with Gasteiger partial charge in [-0.2, -0.15) is 0 Å². The Morgan fingerprint density at radius 1 is 0.559 bits per heavy atom. The van der Waals surface area contributed by atoms with Gasteiger partial charge in [0.05, 0.1) is 11.1 Å². The molecule has 0 radical (unpaired) electrons. The molecule has 0 spiro atoms. The van der Waals surface area contributed by atoms with Crippen LogP contribution in [0.1, 0.15) is 161 Å². The van der Waals surface area contributed by atoms with E-state index in [1.165, 1.54) is 96.0 Å². The van der Waals surface area contributed by atoms with Crippen LogP contribution in [0.3, 0.4) is 0 Å². The summed E-state index contributed by atoms with van der Waals surface area (Å²) in [6.07, 6.45) is 23.6. The topological polar surface area (TPSA) is 74.6 Å². The second-order valence-electron chi connectivity index (χ2n) is 9.89. The number of hydrogen-bond donors (Lipinski definition) is 2. The maximum atomic E-state index is 12.0. The first kappa shape index (κ1) is 30.2. The highest BCUT2D eigenvalue weighted by atomic mass is 16.4. The van der Waals surface area contributed by atoms with Gasteiger partial charge in [0.15, 0.2) is 0 Å². The lowest BCUT2D eigenvalue weighted by Crippen LogP contribution is -2.14. The first-order chi connectivity index (χ1) is 16.5. The van der Waals surface area contributed by atoms with E-state index in [2.05, 4.69) is 13.8 Å². The van der Waals surface area contributed by atoms with Crippen LogP contribution in [0.5, 0.6) is 0 Å². The van der Waals surface area contributed by atoms with E-state index in [0.717, 1.165) is 43.2 Å². The number of carboxylic acid groups (broad SMARTS) is 2. The summed E-state index contributed by atoms with van der Waals surface area (Å²) in [7, 11) is 0. The minimum absolute atomic E-state index is 0.0143. The van der Waals surface area contributed by atoms with Crippen molar-refractivity contribution in [1.29, 1.82) is 0 Å². The Kier molecular flexibility index (Phi) is 17.3. The van der Waals surface area contributed by atoms with E-state index in [4.69, 9.17) is 0 Å². The number of aromatic carboxylic acids is 2. The highest BCUT2D eigenvalue weighted by Crippen LogP contribution is 2.25. The van der Waals surface area contributed by atoms with Crippen molar-refractivity contribution < 1.29 is 19.8 Å². The normalized spacial score (nSPS) is 11.1. The van der Waals surface area contributed by atoms with Crippen molar-refractivity contribution in [2.45, 2.75) is 142 Å². The van der Waals surface area contributed by atoms with Crippen molar-refractivity contribution in [3.63, 3.8) is 0 Å². The summed E-state index contributed by atoms with van der Waals surface area (Å²) >= 11 is 0. The summed E-state index contributed by atoms with van der Waals surface area (Å²) in [6, 6.07) is 3.36. The highest BCUT2D eigenvalue weighted by molar-refractivity contribution is 6.03. The molecule has 0 fully saturated rings.